The van der Waals surface area contributed by atoms with E-state index in [0.29, 0.717) is 25.3 Å². The van der Waals surface area contributed by atoms with Crippen LogP contribution in [-0.4, -0.2) is 65.5 Å². The third kappa shape index (κ3) is 5.65. The third-order valence-corrected chi connectivity index (χ3v) is 7.77. The summed E-state index contributed by atoms with van der Waals surface area (Å²) in [6, 6.07) is 7.03. The van der Waals surface area contributed by atoms with Gasteiger partial charge < -0.3 is 19.7 Å². The highest BCUT2D eigenvalue weighted by Crippen LogP contribution is 2.43. The zero-order chi connectivity index (χ0) is 26.1. The minimum absolute atomic E-state index is 0.132. The van der Waals surface area contributed by atoms with Gasteiger partial charge in [-0.3, -0.25) is 19.3 Å². The van der Waals surface area contributed by atoms with E-state index in [4.69, 9.17) is 9.47 Å². The van der Waals surface area contributed by atoms with Crippen LogP contribution in [0.25, 0.3) is 0 Å². The Morgan fingerprint density at radius 3 is 2.28 bits per heavy atom. The van der Waals surface area contributed by atoms with Gasteiger partial charge in [-0.15, -0.1) is 0 Å². The molecule has 9 nitrogen and oxygen atoms in total. The monoisotopic (exact) mass is 499 g/mol. The van der Waals surface area contributed by atoms with Crippen LogP contribution < -0.4 is 10.1 Å². The van der Waals surface area contributed by atoms with Gasteiger partial charge in [0.15, 0.2) is 6.61 Å². The fourth-order valence-corrected chi connectivity index (χ4v) is 5.27. The van der Waals surface area contributed by atoms with E-state index in [2.05, 4.69) is 26.1 Å². The SMILES string of the molecule is COc1ccc(CN(C(=O)COC(=O)CN2C(=O)NC3(CCC(C(C)(C)C)CC3)C2=O)C2CC2)cc1. The Morgan fingerprint density at radius 1 is 1.08 bits per heavy atom. The number of urea groups is 1. The Kier molecular flexibility index (Phi) is 7.29. The molecule has 1 saturated heterocycles. The molecule has 1 heterocycles. The lowest BCUT2D eigenvalue weighted by atomic mass is 9.67. The number of hydrogen-bond acceptors (Lipinski definition) is 6. The van der Waals surface area contributed by atoms with Gasteiger partial charge in [-0.2, -0.15) is 0 Å². The summed E-state index contributed by atoms with van der Waals surface area (Å²) in [6.07, 6.45) is 4.63. The molecule has 1 N–H and O–H groups in total. The lowest BCUT2D eigenvalue weighted by molar-refractivity contribution is -0.154. The summed E-state index contributed by atoms with van der Waals surface area (Å²) in [4.78, 5) is 53.7. The Labute approximate surface area is 212 Å². The van der Waals surface area contributed by atoms with Crippen molar-refractivity contribution in [3.8, 4) is 5.75 Å². The second-order valence-corrected chi connectivity index (χ2v) is 11.3. The van der Waals surface area contributed by atoms with Gasteiger partial charge in [0.1, 0.15) is 17.8 Å². The molecular weight excluding hydrogens is 462 g/mol. The highest BCUT2D eigenvalue weighted by atomic mass is 16.5. The number of amides is 4. The number of imide groups is 1. The average Bonchev–Trinajstić information content (AvgIpc) is 3.66. The van der Waals surface area contributed by atoms with E-state index in [1.165, 1.54) is 0 Å². The zero-order valence-corrected chi connectivity index (χ0v) is 21.7. The van der Waals surface area contributed by atoms with Crippen molar-refractivity contribution in [2.45, 2.75) is 77.4 Å². The molecule has 2 saturated carbocycles. The number of carbonyl (C=O) groups excluding carboxylic acids is 4. The standard InChI is InChI=1S/C27H37N3O6/c1-26(2,3)19-11-13-27(14-12-19)24(33)30(25(34)28-27)16-23(32)36-17-22(31)29(20-7-8-20)15-18-5-9-21(35-4)10-6-18/h5-6,9-10,19-20H,7-8,11-17H2,1-4H3,(H,28,34). The molecule has 4 amide bonds. The molecule has 3 aliphatic rings. The Bertz CT molecular complexity index is 1000. The summed E-state index contributed by atoms with van der Waals surface area (Å²) < 4.78 is 10.4. The van der Waals surface area contributed by atoms with Crippen molar-refractivity contribution in [1.82, 2.24) is 15.1 Å². The molecule has 3 fully saturated rings. The number of benzene rings is 1. The van der Waals surface area contributed by atoms with Crippen LogP contribution in [-0.2, 0) is 25.7 Å². The molecule has 1 aromatic rings. The Morgan fingerprint density at radius 2 is 1.72 bits per heavy atom. The van der Waals surface area contributed by atoms with Gasteiger partial charge in [0.2, 0.25) is 0 Å². The van der Waals surface area contributed by atoms with E-state index in [-0.39, 0.29) is 23.3 Å². The van der Waals surface area contributed by atoms with Crippen LogP contribution in [0.2, 0.25) is 0 Å². The molecule has 0 unspecified atom stereocenters. The fraction of sp³-hybridized carbons (Fsp3) is 0.630. The van der Waals surface area contributed by atoms with Gasteiger partial charge in [0, 0.05) is 12.6 Å². The van der Waals surface area contributed by atoms with Crippen LogP contribution in [0.5, 0.6) is 5.75 Å². The number of esters is 1. The van der Waals surface area contributed by atoms with Crippen LogP contribution in [0.4, 0.5) is 4.79 Å². The van der Waals surface area contributed by atoms with E-state index in [9.17, 15) is 19.2 Å². The Hall–Kier alpha value is -3.10. The molecule has 0 bridgehead atoms. The minimum atomic E-state index is -0.934. The van der Waals surface area contributed by atoms with Crippen LogP contribution in [0.1, 0.15) is 64.9 Å². The average molecular weight is 500 g/mol. The van der Waals surface area contributed by atoms with Crippen molar-refractivity contribution in [2.75, 3.05) is 20.3 Å². The van der Waals surface area contributed by atoms with Gasteiger partial charge in [0.25, 0.3) is 11.8 Å². The molecule has 1 aliphatic heterocycles. The van der Waals surface area contributed by atoms with E-state index >= 15 is 0 Å². The van der Waals surface area contributed by atoms with Gasteiger partial charge in [-0.25, -0.2) is 4.79 Å². The number of methoxy groups -OCH3 is 1. The third-order valence-electron chi connectivity index (χ3n) is 7.77. The van der Waals surface area contributed by atoms with E-state index < -0.39 is 30.7 Å². The second-order valence-electron chi connectivity index (χ2n) is 11.3. The number of rotatable bonds is 8. The van der Waals surface area contributed by atoms with Crippen molar-refractivity contribution in [2.24, 2.45) is 11.3 Å². The Balaban J connectivity index is 1.29. The molecule has 0 atom stereocenters. The molecule has 9 heteroatoms. The predicted molar refractivity (Wildman–Crippen MR) is 132 cm³/mol. The highest BCUT2D eigenvalue weighted by molar-refractivity contribution is 6.08. The minimum Gasteiger partial charge on any atom is -0.497 e. The van der Waals surface area contributed by atoms with E-state index in [1.54, 1.807) is 12.0 Å². The van der Waals surface area contributed by atoms with Crippen LogP contribution in [0, 0.1) is 11.3 Å². The van der Waals surface area contributed by atoms with Crippen molar-refractivity contribution in [3.05, 3.63) is 29.8 Å². The topological polar surface area (TPSA) is 105 Å². The summed E-state index contributed by atoms with van der Waals surface area (Å²) in [5.74, 6) is -0.225. The quantitative estimate of drug-likeness (QED) is 0.435. The molecule has 36 heavy (non-hydrogen) atoms. The summed E-state index contributed by atoms with van der Waals surface area (Å²) in [5, 5.41) is 2.83. The molecule has 1 aromatic carbocycles. The van der Waals surface area contributed by atoms with Gasteiger partial charge in [-0.1, -0.05) is 32.9 Å². The van der Waals surface area contributed by atoms with Crippen molar-refractivity contribution < 1.29 is 28.7 Å². The smallest absolute Gasteiger partial charge is 0.326 e. The van der Waals surface area contributed by atoms with Gasteiger partial charge >= 0.3 is 12.0 Å². The van der Waals surface area contributed by atoms with Crippen LogP contribution >= 0.6 is 0 Å². The second kappa shape index (κ2) is 10.1. The molecule has 2 aliphatic carbocycles. The number of hydrogen-bond donors (Lipinski definition) is 1. The maximum absolute atomic E-state index is 13.1. The first-order valence-corrected chi connectivity index (χ1v) is 12.7. The molecule has 196 valence electrons. The van der Waals surface area contributed by atoms with E-state index in [0.717, 1.165) is 41.9 Å². The fourth-order valence-electron chi connectivity index (χ4n) is 5.27. The first kappa shape index (κ1) is 26.0. The first-order valence-electron chi connectivity index (χ1n) is 12.7. The molecular formula is C27H37N3O6. The summed E-state index contributed by atoms with van der Waals surface area (Å²) >= 11 is 0. The van der Waals surface area contributed by atoms with Crippen molar-refractivity contribution >= 4 is 23.8 Å². The lowest BCUT2D eigenvalue weighted by Crippen LogP contribution is -2.50. The summed E-state index contributed by atoms with van der Waals surface area (Å²) in [5.41, 5.74) is 0.161. The number of carbonyl (C=O) groups is 4. The maximum atomic E-state index is 13.1. The zero-order valence-electron chi connectivity index (χ0n) is 21.7. The molecule has 0 radical (unpaired) electrons. The van der Waals surface area contributed by atoms with Crippen molar-refractivity contribution in [3.63, 3.8) is 0 Å². The summed E-state index contributed by atoms with van der Waals surface area (Å²) in [6.45, 7) is 6.06. The number of nitrogens with one attached hydrogen (secondary N) is 1. The predicted octanol–water partition coefficient (Wildman–Crippen LogP) is 3.26. The van der Waals surface area contributed by atoms with E-state index in [1.807, 2.05) is 24.3 Å². The van der Waals surface area contributed by atoms with Gasteiger partial charge in [0.05, 0.1) is 7.11 Å². The molecule has 0 aromatic heterocycles. The first-order chi connectivity index (χ1) is 17.0. The normalized spacial score (nSPS) is 24.0. The summed E-state index contributed by atoms with van der Waals surface area (Å²) in [7, 11) is 1.60. The van der Waals surface area contributed by atoms with Crippen LogP contribution in [0.3, 0.4) is 0 Å². The largest absolute Gasteiger partial charge is 0.497 e. The number of ether oxygens (including phenoxy) is 2. The van der Waals surface area contributed by atoms with Gasteiger partial charge in [-0.05, 0) is 67.6 Å². The molecule has 1 spiro atoms. The number of nitrogens with zero attached hydrogens (tertiary/aromatic N) is 2. The lowest BCUT2D eigenvalue weighted by Gasteiger charge is -2.40. The molecule has 4 rings (SSSR count). The highest BCUT2D eigenvalue weighted by Gasteiger charge is 2.53. The maximum Gasteiger partial charge on any atom is 0.326 e. The van der Waals surface area contributed by atoms with Crippen LogP contribution in [0.15, 0.2) is 24.3 Å². The van der Waals surface area contributed by atoms with Crippen molar-refractivity contribution in [1.29, 1.82) is 0 Å².